The Bertz CT molecular complexity index is 167. The molecule has 8 heavy (non-hydrogen) atoms. The standard InChI is InChI=1S/C7H9O/c1-5-4-6(2)8-7(5)3/h4H,2H2,1,3H3. The number of furan rings is 1. The summed E-state index contributed by atoms with van der Waals surface area (Å²) in [6, 6.07) is 1.93. The van der Waals surface area contributed by atoms with Gasteiger partial charge in [-0.15, -0.1) is 0 Å². The number of hydrogen-bond donors (Lipinski definition) is 0. The lowest BCUT2D eigenvalue weighted by molar-refractivity contribution is 0.515. The summed E-state index contributed by atoms with van der Waals surface area (Å²) >= 11 is 0. The van der Waals surface area contributed by atoms with E-state index in [0.29, 0.717) is 0 Å². The molecule has 0 unspecified atom stereocenters. The van der Waals surface area contributed by atoms with Crippen molar-refractivity contribution in [3.05, 3.63) is 30.1 Å². The lowest BCUT2D eigenvalue weighted by Gasteiger charge is -1.80. The molecule has 0 spiro atoms. The minimum Gasteiger partial charge on any atom is -0.466 e. The fourth-order valence-electron chi connectivity index (χ4n) is 0.650. The molecule has 43 valence electrons. The summed E-state index contributed by atoms with van der Waals surface area (Å²) in [5, 5.41) is 0. The first-order valence-corrected chi connectivity index (χ1v) is 2.59. The van der Waals surface area contributed by atoms with Crippen molar-refractivity contribution in [1.29, 1.82) is 0 Å². The smallest absolute Gasteiger partial charge is 0.104 e. The van der Waals surface area contributed by atoms with Crippen LogP contribution in [-0.2, 0) is 0 Å². The van der Waals surface area contributed by atoms with Gasteiger partial charge in [-0.05, 0) is 25.5 Å². The van der Waals surface area contributed by atoms with E-state index in [2.05, 4.69) is 6.92 Å². The van der Waals surface area contributed by atoms with Crippen LogP contribution >= 0.6 is 0 Å². The van der Waals surface area contributed by atoms with Crippen LogP contribution in [0.4, 0.5) is 0 Å². The Balaban J connectivity index is 3.14. The maximum absolute atomic E-state index is 5.10. The normalized spacial score (nSPS) is 9.88. The quantitative estimate of drug-likeness (QED) is 0.497. The third-order valence-corrected chi connectivity index (χ3v) is 1.22. The highest BCUT2D eigenvalue weighted by atomic mass is 16.3. The van der Waals surface area contributed by atoms with Crippen molar-refractivity contribution in [2.24, 2.45) is 0 Å². The van der Waals surface area contributed by atoms with Crippen molar-refractivity contribution >= 4 is 0 Å². The van der Waals surface area contributed by atoms with Crippen LogP contribution in [0.25, 0.3) is 0 Å². The van der Waals surface area contributed by atoms with E-state index in [1.807, 2.05) is 19.9 Å². The van der Waals surface area contributed by atoms with Gasteiger partial charge in [-0.25, -0.2) is 0 Å². The molecule has 0 aliphatic carbocycles. The molecule has 1 aromatic rings. The zero-order valence-corrected chi connectivity index (χ0v) is 5.19. The highest BCUT2D eigenvalue weighted by molar-refractivity contribution is 5.19. The maximum Gasteiger partial charge on any atom is 0.104 e. The largest absolute Gasteiger partial charge is 0.466 e. The molecule has 0 aliphatic heterocycles. The number of hydrogen-bond acceptors (Lipinski definition) is 1. The van der Waals surface area contributed by atoms with Crippen LogP contribution in [0.2, 0.25) is 0 Å². The monoisotopic (exact) mass is 109 g/mol. The van der Waals surface area contributed by atoms with Crippen LogP contribution in [-0.4, -0.2) is 0 Å². The fraction of sp³-hybridized carbons (Fsp3) is 0.286. The average Bonchev–Trinajstić information content (AvgIpc) is 1.85. The van der Waals surface area contributed by atoms with Crippen LogP contribution in [0.15, 0.2) is 10.5 Å². The summed E-state index contributed by atoms with van der Waals surface area (Å²) < 4.78 is 5.10. The van der Waals surface area contributed by atoms with E-state index < -0.39 is 0 Å². The van der Waals surface area contributed by atoms with E-state index in [1.165, 1.54) is 5.56 Å². The van der Waals surface area contributed by atoms with E-state index in [4.69, 9.17) is 4.42 Å². The first-order valence-electron chi connectivity index (χ1n) is 2.59. The third kappa shape index (κ3) is 0.760. The maximum atomic E-state index is 5.10. The predicted molar refractivity (Wildman–Crippen MR) is 32.6 cm³/mol. The summed E-state index contributed by atoms with van der Waals surface area (Å²) in [6.07, 6.45) is 0. The molecule has 0 bridgehead atoms. The van der Waals surface area contributed by atoms with Gasteiger partial charge in [0.25, 0.3) is 0 Å². The Morgan fingerprint density at radius 3 is 2.25 bits per heavy atom. The Hall–Kier alpha value is -0.720. The summed E-state index contributed by atoms with van der Waals surface area (Å²) in [4.78, 5) is 0. The Labute approximate surface area is 49.3 Å². The topological polar surface area (TPSA) is 13.1 Å². The molecule has 0 saturated heterocycles. The van der Waals surface area contributed by atoms with Gasteiger partial charge < -0.3 is 4.42 Å². The molecular weight excluding hydrogens is 100 g/mol. The summed E-state index contributed by atoms with van der Waals surface area (Å²) in [7, 11) is 0. The van der Waals surface area contributed by atoms with Crippen molar-refractivity contribution < 1.29 is 4.42 Å². The van der Waals surface area contributed by atoms with E-state index in [0.717, 1.165) is 11.5 Å². The van der Waals surface area contributed by atoms with Crippen molar-refractivity contribution in [3.63, 3.8) is 0 Å². The van der Waals surface area contributed by atoms with Crippen LogP contribution in [0.5, 0.6) is 0 Å². The van der Waals surface area contributed by atoms with Gasteiger partial charge in [-0.1, -0.05) is 0 Å². The minimum atomic E-state index is 0.750. The minimum absolute atomic E-state index is 0.750. The van der Waals surface area contributed by atoms with Crippen LogP contribution in [0, 0.1) is 20.8 Å². The van der Waals surface area contributed by atoms with Gasteiger partial charge in [0.2, 0.25) is 0 Å². The van der Waals surface area contributed by atoms with Gasteiger partial charge in [0, 0.05) is 6.92 Å². The lowest BCUT2D eigenvalue weighted by Crippen LogP contribution is -1.63. The highest BCUT2D eigenvalue weighted by Crippen LogP contribution is 2.10. The van der Waals surface area contributed by atoms with Crippen molar-refractivity contribution in [3.8, 4) is 0 Å². The Morgan fingerprint density at radius 1 is 1.50 bits per heavy atom. The van der Waals surface area contributed by atoms with E-state index in [1.54, 1.807) is 0 Å². The van der Waals surface area contributed by atoms with E-state index in [-0.39, 0.29) is 0 Å². The average molecular weight is 109 g/mol. The molecule has 1 nitrogen and oxygen atoms in total. The molecule has 1 aromatic heterocycles. The Morgan fingerprint density at radius 2 is 2.12 bits per heavy atom. The molecule has 0 N–H and O–H groups in total. The Kier molecular flexibility index (Phi) is 1.12. The molecule has 1 radical (unpaired) electrons. The first-order chi connectivity index (χ1) is 3.70. The predicted octanol–water partition coefficient (Wildman–Crippen LogP) is 2.08. The number of rotatable bonds is 0. The second-order valence-electron chi connectivity index (χ2n) is 1.95. The zero-order valence-electron chi connectivity index (χ0n) is 5.19. The third-order valence-electron chi connectivity index (χ3n) is 1.22. The summed E-state index contributed by atoms with van der Waals surface area (Å²) in [6.45, 7) is 7.58. The molecular formula is C7H9O. The lowest BCUT2D eigenvalue weighted by atomic mass is 10.3. The second kappa shape index (κ2) is 1.66. The zero-order chi connectivity index (χ0) is 6.15. The molecule has 0 aliphatic rings. The molecule has 0 amide bonds. The molecule has 0 fully saturated rings. The van der Waals surface area contributed by atoms with Crippen molar-refractivity contribution in [2.75, 3.05) is 0 Å². The SMILES string of the molecule is [CH2]c1cc(C)c(C)o1. The molecule has 1 heterocycles. The highest BCUT2D eigenvalue weighted by Gasteiger charge is 1.95. The number of aryl methyl sites for hydroxylation is 2. The molecule has 1 heteroatoms. The molecule has 0 saturated carbocycles. The molecule has 0 aromatic carbocycles. The van der Waals surface area contributed by atoms with Gasteiger partial charge in [0.15, 0.2) is 0 Å². The van der Waals surface area contributed by atoms with Crippen molar-refractivity contribution in [1.82, 2.24) is 0 Å². The fourth-order valence-corrected chi connectivity index (χ4v) is 0.650. The molecule has 1 rings (SSSR count). The van der Waals surface area contributed by atoms with Gasteiger partial charge in [-0.2, -0.15) is 0 Å². The first kappa shape index (κ1) is 5.42. The van der Waals surface area contributed by atoms with Gasteiger partial charge in [0.1, 0.15) is 11.5 Å². The van der Waals surface area contributed by atoms with Gasteiger partial charge in [0.05, 0.1) is 0 Å². The molecule has 0 atom stereocenters. The van der Waals surface area contributed by atoms with E-state index in [9.17, 15) is 0 Å². The van der Waals surface area contributed by atoms with Crippen LogP contribution < -0.4 is 0 Å². The van der Waals surface area contributed by atoms with Crippen molar-refractivity contribution in [2.45, 2.75) is 13.8 Å². The van der Waals surface area contributed by atoms with E-state index >= 15 is 0 Å². The van der Waals surface area contributed by atoms with Crippen LogP contribution in [0.3, 0.4) is 0 Å². The van der Waals surface area contributed by atoms with Gasteiger partial charge in [-0.3, -0.25) is 0 Å². The summed E-state index contributed by atoms with van der Waals surface area (Å²) in [5.74, 6) is 1.72. The van der Waals surface area contributed by atoms with Gasteiger partial charge >= 0.3 is 0 Å². The summed E-state index contributed by atoms with van der Waals surface area (Å²) in [5.41, 5.74) is 1.18. The van der Waals surface area contributed by atoms with Crippen LogP contribution in [0.1, 0.15) is 17.1 Å². The second-order valence-corrected chi connectivity index (χ2v) is 1.95.